The third-order valence-corrected chi connectivity index (χ3v) is 5.77. The van der Waals surface area contributed by atoms with Crippen molar-refractivity contribution in [1.29, 1.82) is 0 Å². The van der Waals surface area contributed by atoms with Gasteiger partial charge in [0.25, 0.3) is 0 Å². The lowest BCUT2D eigenvalue weighted by molar-refractivity contribution is 0.0975. The highest BCUT2D eigenvalue weighted by Gasteiger charge is 2.24. The van der Waals surface area contributed by atoms with Gasteiger partial charge in [-0.25, -0.2) is 0 Å². The van der Waals surface area contributed by atoms with Gasteiger partial charge in [-0.3, -0.25) is 9.88 Å². The number of nitrogens with zero attached hydrogens (tertiary/aromatic N) is 3. The van der Waals surface area contributed by atoms with Gasteiger partial charge in [0.1, 0.15) is 0 Å². The molecule has 2 aliphatic heterocycles. The van der Waals surface area contributed by atoms with E-state index in [4.69, 9.17) is 0 Å². The van der Waals surface area contributed by atoms with E-state index in [0.29, 0.717) is 0 Å². The molecule has 0 saturated carbocycles. The summed E-state index contributed by atoms with van der Waals surface area (Å²) in [4.78, 5) is 9.92. The largest absolute Gasteiger partial charge is 0.300 e. The molecule has 3 heteroatoms. The Bertz CT molecular complexity index is 542. The Kier molecular flexibility index (Phi) is 6.29. The predicted octanol–water partition coefficient (Wildman–Crippen LogP) is 4.34. The number of likely N-dealkylation sites (tertiary alicyclic amines) is 2. The number of rotatable bonds is 4. The summed E-state index contributed by atoms with van der Waals surface area (Å²) in [6, 6.07) is 5.18. The quantitative estimate of drug-likeness (QED) is 0.812. The minimum absolute atomic E-state index is 0.175. The molecular formula is C22H35N3. The first kappa shape index (κ1) is 18.6. The molecule has 138 valence electrons. The van der Waals surface area contributed by atoms with Gasteiger partial charge >= 0.3 is 0 Å². The average Bonchev–Trinajstić information content (AvgIpc) is 2.63. The fourth-order valence-corrected chi connectivity index (χ4v) is 4.02. The normalized spacial score (nSPS) is 21.9. The van der Waals surface area contributed by atoms with Crippen LogP contribution in [0.1, 0.15) is 64.1 Å². The fraction of sp³-hybridized carbons (Fsp3) is 0.682. The van der Waals surface area contributed by atoms with Gasteiger partial charge < -0.3 is 4.90 Å². The van der Waals surface area contributed by atoms with E-state index < -0.39 is 0 Å². The van der Waals surface area contributed by atoms with Crippen molar-refractivity contribution in [3.05, 3.63) is 35.7 Å². The molecule has 0 radical (unpaired) electrons. The van der Waals surface area contributed by atoms with Crippen LogP contribution in [0.15, 0.2) is 24.4 Å². The van der Waals surface area contributed by atoms with E-state index in [1.54, 1.807) is 0 Å². The van der Waals surface area contributed by atoms with E-state index in [1.165, 1.54) is 63.8 Å². The molecule has 1 aromatic rings. The molecule has 0 amide bonds. The monoisotopic (exact) mass is 341 g/mol. The van der Waals surface area contributed by atoms with Gasteiger partial charge in [-0.1, -0.05) is 39.3 Å². The standard InChI is InChI=1S/C22H35N3/c1-22(2,3)19-9-10-20(23-18-19)8-7-13-24-16-11-21(12-17-24)25-14-5-4-6-15-25/h7-10,18,21H,4-6,11-17H2,1-3H3/b8-7+. The minimum Gasteiger partial charge on any atom is -0.300 e. The predicted molar refractivity (Wildman–Crippen MR) is 107 cm³/mol. The minimum atomic E-state index is 0.175. The van der Waals surface area contributed by atoms with Crippen LogP contribution in [-0.2, 0) is 5.41 Å². The molecule has 0 bridgehead atoms. The van der Waals surface area contributed by atoms with Crippen LogP contribution in [-0.4, -0.2) is 53.5 Å². The topological polar surface area (TPSA) is 19.4 Å². The number of pyridine rings is 1. The SMILES string of the molecule is CC(C)(C)c1ccc(/C=C/CN2CCC(N3CCCCC3)CC2)nc1. The molecule has 2 aliphatic rings. The molecule has 0 aromatic carbocycles. The van der Waals surface area contributed by atoms with Crippen molar-refractivity contribution in [3.63, 3.8) is 0 Å². The Hall–Kier alpha value is -1.19. The van der Waals surface area contributed by atoms with Crippen LogP contribution >= 0.6 is 0 Å². The maximum absolute atomic E-state index is 4.59. The number of aromatic nitrogens is 1. The van der Waals surface area contributed by atoms with Gasteiger partial charge in [0.2, 0.25) is 0 Å². The highest BCUT2D eigenvalue weighted by molar-refractivity contribution is 5.45. The number of hydrogen-bond donors (Lipinski definition) is 0. The Balaban J connectivity index is 1.42. The lowest BCUT2D eigenvalue weighted by atomic mass is 9.88. The maximum atomic E-state index is 4.59. The van der Waals surface area contributed by atoms with Crippen molar-refractivity contribution >= 4 is 6.08 Å². The molecule has 3 nitrogen and oxygen atoms in total. The summed E-state index contributed by atoms with van der Waals surface area (Å²) < 4.78 is 0. The average molecular weight is 342 g/mol. The summed E-state index contributed by atoms with van der Waals surface area (Å²) in [7, 11) is 0. The molecule has 0 aliphatic carbocycles. The van der Waals surface area contributed by atoms with Crippen molar-refractivity contribution in [2.24, 2.45) is 0 Å². The van der Waals surface area contributed by atoms with Crippen LogP contribution < -0.4 is 0 Å². The summed E-state index contributed by atoms with van der Waals surface area (Å²) in [6.45, 7) is 12.9. The second-order valence-corrected chi connectivity index (χ2v) is 8.75. The molecule has 2 fully saturated rings. The van der Waals surface area contributed by atoms with Gasteiger partial charge in [-0.2, -0.15) is 0 Å². The van der Waals surface area contributed by atoms with E-state index in [0.717, 1.165) is 18.3 Å². The van der Waals surface area contributed by atoms with Crippen LogP contribution in [0.4, 0.5) is 0 Å². The first-order valence-electron chi connectivity index (χ1n) is 10.1. The van der Waals surface area contributed by atoms with E-state index >= 15 is 0 Å². The first-order chi connectivity index (χ1) is 12.0. The van der Waals surface area contributed by atoms with Crippen molar-refractivity contribution in [2.75, 3.05) is 32.7 Å². The van der Waals surface area contributed by atoms with E-state index in [-0.39, 0.29) is 5.41 Å². The van der Waals surface area contributed by atoms with Crippen molar-refractivity contribution in [2.45, 2.75) is 64.3 Å². The lowest BCUT2D eigenvalue weighted by Gasteiger charge is -2.40. The molecule has 1 aromatic heterocycles. The Morgan fingerprint density at radius 3 is 2.36 bits per heavy atom. The van der Waals surface area contributed by atoms with Crippen LogP contribution in [0.3, 0.4) is 0 Å². The summed E-state index contributed by atoms with van der Waals surface area (Å²) in [6.07, 6.45) is 13.4. The zero-order valence-corrected chi connectivity index (χ0v) is 16.4. The van der Waals surface area contributed by atoms with Crippen LogP contribution in [0, 0.1) is 0 Å². The zero-order valence-electron chi connectivity index (χ0n) is 16.4. The number of hydrogen-bond acceptors (Lipinski definition) is 3. The van der Waals surface area contributed by atoms with Gasteiger partial charge in [-0.15, -0.1) is 0 Å². The summed E-state index contributed by atoms with van der Waals surface area (Å²) >= 11 is 0. The molecule has 3 heterocycles. The molecule has 0 atom stereocenters. The first-order valence-corrected chi connectivity index (χ1v) is 10.1. The highest BCUT2D eigenvalue weighted by atomic mass is 15.2. The second-order valence-electron chi connectivity index (χ2n) is 8.75. The maximum Gasteiger partial charge on any atom is 0.0627 e. The Morgan fingerprint density at radius 2 is 1.76 bits per heavy atom. The molecule has 25 heavy (non-hydrogen) atoms. The second kappa shape index (κ2) is 8.46. The van der Waals surface area contributed by atoms with Crippen LogP contribution in [0.5, 0.6) is 0 Å². The third kappa shape index (κ3) is 5.39. The van der Waals surface area contributed by atoms with Crippen molar-refractivity contribution in [1.82, 2.24) is 14.8 Å². The third-order valence-electron chi connectivity index (χ3n) is 5.77. The molecule has 3 rings (SSSR count). The summed E-state index contributed by atoms with van der Waals surface area (Å²) in [5, 5.41) is 0. The lowest BCUT2D eigenvalue weighted by Crippen LogP contribution is -2.46. The Morgan fingerprint density at radius 1 is 1.04 bits per heavy atom. The van der Waals surface area contributed by atoms with Crippen LogP contribution in [0.2, 0.25) is 0 Å². The molecule has 2 saturated heterocycles. The van der Waals surface area contributed by atoms with Crippen molar-refractivity contribution < 1.29 is 0 Å². The van der Waals surface area contributed by atoms with E-state index in [2.05, 4.69) is 59.8 Å². The molecule has 0 N–H and O–H groups in total. The fourth-order valence-electron chi connectivity index (χ4n) is 4.02. The molecule has 0 unspecified atom stereocenters. The van der Waals surface area contributed by atoms with E-state index in [1.807, 2.05) is 6.20 Å². The molecule has 0 spiro atoms. The van der Waals surface area contributed by atoms with Gasteiger partial charge in [0, 0.05) is 18.8 Å². The van der Waals surface area contributed by atoms with Gasteiger partial charge in [0.15, 0.2) is 0 Å². The zero-order chi connectivity index (χ0) is 17.7. The Labute approximate surface area is 154 Å². The van der Waals surface area contributed by atoms with Crippen molar-refractivity contribution in [3.8, 4) is 0 Å². The smallest absolute Gasteiger partial charge is 0.0627 e. The molecular weight excluding hydrogens is 306 g/mol. The summed E-state index contributed by atoms with van der Waals surface area (Å²) in [5.41, 5.74) is 2.54. The van der Waals surface area contributed by atoms with Crippen LogP contribution in [0.25, 0.3) is 6.08 Å². The number of piperidine rings is 2. The van der Waals surface area contributed by atoms with Gasteiger partial charge in [-0.05, 0) is 75.0 Å². The van der Waals surface area contributed by atoms with E-state index in [9.17, 15) is 0 Å². The van der Waals surface area contributed by atoms with Gasteiger partial charge in [0.05, 0.1) is 5.69 Å². The summed E-state index contributed by atoms with van der Waals surface area (Å²) in [5.74, 6) is 0. The highest BCUT2D eigenvalue weighted by Crippen LogP contribution is 2.22.